The molecule has 0 aliphatic rings. The van der Waals surface area contributed by atoms with E-state index in [4.69, 9.17) is 9.47 Å². The van der Waals surface area contributed by atoms with E-state index in [1.165, 1.54) is 18.9 Å². The lowest BCUT2D eigenvalue weighted by Crippen LogP contribution is -2.28. The first-order chi connectivity index (χ1) is 9.19. The number of hydrogen-bond acceptors (Lipinski definition) is 5. The van der Waals surface area contributed by atoms with E-state index in [0.29, 0.717) is 18.7 Å². The van der Waals surface area contributed by atoms with Crippen LogP contribution in [0.5, 0.6) is 0 Å². The van der Waals surface area contributed by atoms with Gasteiger partial charge in [0, 0.05) is 18.6 Å². The molecule has 1 N–H and O–H groups in total. The van der Waals surface area contributed by atoms with Gasteiger partial charge in [-0.05, 0) is 12.1 Å². The Morgan fingerprint density at radius 3 is 2.68 bits per heavy atom. The van der Waals surface area contributed by atoms with Crippen molar-refractivity contribution >= 4 is 23.6 Å². The molecule has 1 aromatic rings. The van der Waals surface area contributed by atoms with Crippen LogP contribution in [0, 0.1) is 0 Å². The van der Waals surface area contributed by atoms with Crippen LogP contribution in [-0.4, -0.2) is 45.0 Å². The molecule has 1 aromatic carbocycles. The summed E-state index contributed by atoms with van der Waals surface area (Å²) in [4.78, 5) is 23.8. The van der Waals surface area contributed by atoms with Crippen molar-refractivity contribution in [1.82, 2.24) is 5.32 Å². The molecule has 0 spiro atoms. The number of amides is 1. The molecule has 6 heteroatoms. The molecule has 0 heterocycles. The van der Waals surface area contributed by atoms with Crippen LogP contribution in [0.3, 0.4) is 0 Å². The highest BCUT2D eigenvalue weighted by atomic mass is 32.2. The first-order valence-corrected chi connectivity index (χ1v) is 6.73. The lowest BCUT2D eigenvalue weighted by molar-refractivity contribution is -0.118. The van der Waals surface area contributed by atoms with E-state index >= 15 is 0 Å². The minimum atomic E-state index is -0.400. The van der Waals surface area contributed by atoms with Crippen molar-refractivity contribution in [2.24, 2.45) is 0 Å². The number of methoxy groups -OCH3 is 2. The van der Waals surface area contributed by atoms with E-state index in [0.717, 1.165) is 4.90 Å². The summed E-state index contributed by atoms with van der Waals surface area (Å²) in [6, 6.07) is 7.04. The van der Waals surface area contributed by atoms with Crippen molar-refractivity contribution in [1.29, 1.82) is 0 Å². The van der Waals surface area contributed by atoms with E-state index in [1.54, 1.807) is 25.3 Å². The fourth-order valence-corrected chi connectivity index (χ4v) is 2.23. The monoisotopic (exact) mass is 283 g/mol. The molecule has 0 aromatic heterocycles. The Labute approximate surface area is 116 Å². The number of thioether (sulfide) groups is 1. The van der Waals surface area contributed by atoms with Crippen LogP contribution in [0.15, 0.2) is 29.2 Å². The van der Waals surface area contributed by atoms with E-state index < -0.39 is 5.97 Å². The Bertz CT molecular complexity index is 436. The number of carbonyl (C=O) groups is 2. The summed E-state index contributed by atoms with van der Waals surface area (Å²) in [6.45, 7) is 0.962. The highest BCUT2D eigenvalue weighted by Gasteiger charge is 2.12. The van der Waals surface area contributed by atoms with Crippen LogP contribution in [0.25, 0.3) is 0 Å². The molecule has 0 fully saturated rings. The molecule has 0 aliphatic carbocycles. The molecular formula is C13H17NO4S. The van der Waals surface area contributed by atoms with Gasteiger partial charge in [-0.15, -0.1) is 11.8 Å². The van der Waals surface area contributed by atoms with Crippen LogP contribution >= 0.6 is 11.8 Å². The smallest absolute Gasteiger partial charge is 0.338 e. The van der Waals surface area contributed by atoms with E-state index in [9.17, 15) is 9.59 Å². The predicted octanol–water partition coefficient (Wildman–Crippen LogP) is 1.33. The van der Waals surface area contributed by atoms with Gasteiger partial charge < -0.3 is 14.8 Å². The summed E-state index contributed by atoms with van der Waals surface area (Å²) in [5.41, 5.74) is 0.472. The van der Waals surface area contributed by atoms with Crippen molar-refractivity contribution in [3.8, 4) is 0 Å². The number of nitrogens with one attached hydrogen (secondary N) is 1. The van der Waals surface area contributed by atoms with Gasteiger partial charge in [0.25, 0.3) is 0 Å². The van der Waals surface area contributed by atoms with Gasteiger partial charge in [-0.3, -0.25) is 4.79 Å². The minimum absolute atomic E-state index is 0.0956. The molecule has 19 heavy (non-hydrogen) atoms. The highest BCUT2D eigenvalue weighted by molar-refractivity contribution is 8.00. The van der Waals surface area contributed by atoms with E-state index in [1.807, 2.05) is 6.07 Å². The third kappa shape index (κ3) is 5.32. The zero-order chi connectivity index (χ0) is 14.1. The quantitative estimate of drug-likeness (QED) is 0.464. The van der Waals surface area contributed by atoms with Crippen molar-refractivity contribution in [2.75, 3.05) is 33.1 Å². The second kappa shape index (κ2) is 8.55. The summed E-state index contributed by atoms with van der Waals surface area (Å²) in [5.74, 6) is -0.248. The van der Waals surface area contributed by atoms with Crippen LogP contribution < -0.4 is 5.32 Å². The maximum absolute atomic E-state index is 11.5. The van der Waals surface area contributed by atoms with Crippen molar-refractivity contribution in [3.63, 3.8) is 0 Å². The molecule has 1 rings (SSSR count). The molecule has 104 valence electrons. The molecule has 1 amide bonds. The SMILES string of the molecule is COCCNC(=O)CSc1ccccc1C(=O)OC. The summed E-state index contributed by atoms with van der Waals surface area (Å²) in [5, 5.41) is 2.72. The molecule has 0 bridgehead atoms. The molecule has 5 nitrogen and oxygen atoms in total. The number of benzene rings is 1. The lowest BCUT2D eigenvalue weighted by Gasteiger charge is -2.07. The van der Waals surface area contributed by atoms with Gasteiger partial charge in [0.15, 0.2) is 0 Å². The Kier molecular flexibility index (Phi) is 6.99. The number of esters is 1. The first-order valence-electron chi connectivity index (χ1n) is 5.74. The Morgan fingerprint density at radius 1 is 1.26 bits per heavy atom. The fourth-order valence-electron chi connectivity index (χ4n) is 1.36. The van der Waals surface area contributed by atoms with Gasteiger partial charge in [-0.2, -0.15) is 0 Å². The summed E-state index contributed by atoms with van der Waals surface area (Å²) < 4.78 is 9.53. The van der Waals surface area contributed by atoms with Crippen LogP contribution in [-0.2, 0) is 14.3 Å². The number of rotatable bonds is 7. The molecule has 0 saturated carbocycles. The van der Waals surface area contributed by atoms with Gasteiger partial charge in [-0.25, -0.2) is 4.79 Å². The Hall–Kier alpha value is -1.53. The minimum Gasteiger partial charge on any atom is -0.465 e. The van der Waals surface area contributed by atoms with Crippen molar-refractivity contribution in [2.45, 2.75) is 4.90 Å². The number of carbonyl (C=O) groups excluding carboxylic acids is 2. The summed E-state index contributed by atoms with van der Waals surface area (Å²) >= 11 is 1.30. The maximum atomic E-state index is 11.5. The Balaban J connectivity index is 2.53. The third-order valence-corrected chi connectivity index (χ3v) is 3.35. The standard InChI is InChI=1S/C13H17NO4S/c1-17-8-7-14-12(15)9-19-11-6-4-3-5-10(11)13(16)18-2/h3-6H,7-9H2,1-2H3,(H,14,15). The van der Waals surface area contributed by atoms with Gasteiger partial charge in [-0.1, -0.05) is 12.1 Å². The molecule has 0 atom stereocenters. The first kappa shape index (κ1) is 15.5. The van der Waals surface area contributed by atoms with Crippen LogP contribution in [0.4, 0.5) is 0 Å². The normalized spacial score (nSPS) is 10.0. The predicted molar refractivity (Wildman–Crippen MR) is 73.4 cm³/mol. The van der Waals surface area contributed by atoms with Gasteiger partial charge in [0.1, 0.15) is 0 Å². The van der Waals surface area contributed by atoms with Crippen LogP contribution in [0.2, 0.25) is 0 Å². The molecule has 0 unspecified atom stereocenters. The topological polar surface area (TPSA) is 64.6 Å². The summed E-state index contributed by atoms with van der Waals surface area (Å²) in [7, 11) is 2.91. The molecule has 0 radical (unpaired) electrons. The largest absolute Gasteiger partial charge is 0.465 e. The lowest BCUT2D eigenvalue weighted by atomic mass is 10.2. The zero-order valence-electron chi connectivity index (χ0n) is 11.0. The Morgan fingerprint density at radius 2 is 2.00 bits per heavy atom. The van der Waals surface area contributed by atoms with Crippen molar-refractivity contribution in [3.05, 3.63) is 29.8 Å². The molecular weight excluding hydrogens is 266 g/mol. The highest BCUT2D eigenvalue weighted by Crippen LogP contribution is 2.22. The second-order valence-corrected chi connectivity index (χ2v) is 4.64. The van der Waals surface area contributed by atoms with Gasteiger partial charge >= 0.3 is 5.97 Å². The fraction of sp³-hybridized carbons (Fsp3) is 0.385. The zero-order valence-corrected chi connectivity index (χ0v) is 11.8. The van der Waals surface area contributed by atoms with Crippen LogP contribution in [0.1, 0.15) is 10.4 Å². The van der Waals surface area contributed by atoms with Gasteiger partial charge in [0.05, 0.1) is 25.0 Å². The molecule has 0 saturated heterocycles. The molecule has 0 aliphatic heterocycles. The number of hydrogen-bond donors (Lipinski definition) is 1. The van der Waals surface area contributed by atoms with E-state index in [2.05, 4.69) is 5.32 Å². The average molecular weight is 283 g/mol. The van der Waals surface area contributed by atoms with Crippen molar-refractivity contribution < 1.29 is 19.1 Å². The number of ether oxygens (including phenoxy) is 2. The second-order valence-electron chi connectivity index (χ2n) is 3.62. The summed E-state index contributed by atoms with van der Waals surface area (Å²) in [6.07, 6.45) is 0. The average Bonchev–Trinajstić information content (AvgIpc) is 2.45. The third-order valence-electron chi connectivity index (χ3n) is 2.28. The van der Waals surface area contributed by atoms with Gasteiger partial charge in [0.2, 0.25) is 5.91 Å². The maximum Gasteiger partial charge on any atom is 0.338 e. The van der Waals surface area contributed by atoms with E-state index in [-0.39, 0.29) is 11.7 Å².